The molecule has 1 aromatic carbocycles. The molecule has 0 fully saturated rings. The normalized spacial score (nSPS) is 12.1. The number of carbonyl (C=O) groups is 1. The minimum atomic E-state index is -0.0923. The fourth-order valence-corrected chi connectivity index (χ4v) is 4.75. The van der Waals surface area contributed by atoms with Gasteiger partial charge in [-0.25, -0.2) is 0 Å². The minimum Gasteiger partial charge on any atom is -0.460 e. The van der Waals surface area contributed by atoms with E-state index in [4.69, 9.17) is 4.74 Å². The molecular formula is C28H48O2S. The van der Waals surface area contributed by atoms with Gasteiger partial charge in [0.25, 0.3) is 0 Å². The van der Waals surface area contributed by atoms with Crippen molar-refractivity contribution in [3.8, 4) is 0 Å². The Morgan fingerprint density at radius 3 is 1.68 bits per heavy atom. The summed E-state index contributed by atoms with van der Waals surface area (Å²) in [5.74, 6) is 0.963. The van der Waals surface area contributed by atoms with Gasteiger partial charge in [0.15, 0.2) is 0 Å². The fourth-order valence-electron chi connectivity index (χ4n) is 3.82. The van der Waals surface area contributed by atoms with Crippen molar-refractivity contribution in [3.63, 3.8) is 0 Å². The van der Waals surface area contributed by atoms with Crippen LogP contribution in [0.4, 0.5) is 0 Å². The van der Waals surface area contributed by atoms with Gasteiger partial charge in [-0.1, -0.05) is 134 Å². The number of hydrogen-bond donors (Lipinski definition) is 0. The average Bonchev–Trinajstić information content (AvgIpc) is 2.80. The standard InChI is InChI=1S/C28H48O2S/c1-3-4-5-6-7-8-9-10-11-12-13-14-15-16-17-21-24-31-26(2)28(29)30-25-27-22-19-18-20-23-27/h18-20,22-23,26H,3-17,21,24-25H2,1-2H3. The summed E-state index contributed by atoms with van der Waals surface area (Å²) >= 11 is 1.73. The zero-order valence-electron chi connectivity index (χ0n) is 20.4. The van der Waals surface area contributed by atoms with Crippen molar-refractivity contribution >= 4 is 17.7 Å². The number of carbonyl (C=O) groups excluding carboxylic acids is 1. The summed E-state index contributed by atoms with van der Waals surface area (Å²) in [6, 6.07) is 9.89. The Morgan fingerprint density at radius 1 is 0.742 bits per heavy atom. The monoisotopic (exact) mass is 448 g/mol. The minimum absolute atomic E-state index is 0.0694. The van der Waals surface area contributed by atoms with E-state index in [2.05, 4.69) is 6.92 Å². The molecule has 0 spiro atoms. The summed E-state index contributed by atoms with van der Waals surface area (Å²) in [7, 11) is 0. The quantitative estimate of drug-likeness (QED) is 0.138. The van der Waals surface area contributed by atoms with Gasteiger partial charge in [-0.05, 0) is 24.7 Å². The van der Waals surface area contributed by atoms with Crippen LogP contribution in [0, 0.1) is 0 Å². The third-order valence-corrected chi connectivity index (χ3v) is 7.14. The Bertz CT molecular complexity index is 517. The lowest BCUT2D eigenvalue weighted by atomic mass is 10.0. The highest BCUT2D eigenvalue weighted by atomic mass is 32.2. The zero-order valence-corrected chi connectivity index (χ0v) is 21.2. The van der Waals surface area contributed by atoms with Crippen LogP contribution >= 0.6 is 11.8 Å². The van der Waals surface area contributed by atoms with Crippen molar-refractivity contribution < 1.29 is 9.53 Å². The van der Waals surface area contributed by atoms with Gasteiger partial charge in [0.05, 0.1) is 5.25 Å². The van der Waals surface area contributed by atoms with E-state index >= 15 is 0 Å². The molecule has 0 aliphatic rings. The first-order valence-corrected chi connectivity index (χ1v) is 14.1. The number of unbranched alkanes of at least 4 members (excludes halogenated alkanes) is 15. The smallest absolute Gasteiger partial charge is 0.319 e. The maximum Gasteiger partial charge on any atom is 0.319 e. The summed E-state index contributed by atoms with van der Waals surface area (Å²) in [5, 5.41) is -0.0694. The van der Waals surface area contributed by atoms with Gasteiger partial charge < -0.3 is 4.74 Å². The number of rotatable bonds is 21. The van der Waals surface area contributed by atoms with Crippen LogP contribution in [-0.2, 0) is 16.1 Å². The lowest BCUT2D eigenvalue weighted by molar-refractivity contribution is -0.143. The molecule has 0 aliphatic heterocycles. The van der Waals surface area contributed by atoms with Crippen LogP contribution in [0.2, 0.25) is 0 Å². The number of esters is 1. The second-order valence-electron chi connectivity index (χ2n) is 8.91. The second kappa shape index (κ2) is 20.9. The third kappa shape index (κ3) is 17.3. The molecule has 3 heteroatoms. The second-order valence-corrected chi connectivity index (χ2v) is 10.4. The van der Waals surface area contributed by atoms with Crippen LogP contribution in [0.5, 0.6) is 0 Å². The van der Waals surface area contributed by atoms with Crippen LogP contribution in [-0.4, -0.2) is 17.0 Å². The Kier molecular flexibility index (Phi) is 18.9. The maximum absolute atomic E-state index is 12.1. The van der Waals surface area contributed by atoms with Crippen LogP contribution in [0.3, 0.4) is 0 Å². The van der Waals surface area contributed by atoms with E-state index in [1.807, 2.05) is 37.3 Å². The molecule has 0 saturated carbocycles. The SMILES string of the molecule is CCCCCCCCCCCCCCCCCCSC(C)C(=O)OCc1ccccc1. The van der Waals surface area contributed by atoms with Gasteiger partial charge in [-0.15, -0.1) is 11.8 Å². The molecule has 0 aliphatic carbocycles. The molecule has 0 amide bonds. The Balaban J connectivity index is 1.80. The topological polar surface area (TPSA) is 26.3 Å². The first-order chi connectivity index (χ1) is 15.2. The molecule has 1 aromatic rings. The van der Waals surface area contributed by atoms with Gasteiger partial charge in [0.1, 0.15) is 6.61 Å². The third-order valence-electron chi connectivity index (χ3n) is 5.92. The predicted octanol–water partition coefficient (Wildman–Crippen LogP) is 9.11. The van der Waals surface area contributed by atoms with Crippen molar-refractivity contribution in [3.05, 3.63) is 35.9 Å². The summed E-state index contributed by atoms with van der Waals surface area (Å²) in [4.78, 5) is 12.1. The lowest BCUT2D eigenvalue weighted by Gasteiger charge is -2.11. The van der Waals surface area contributed by atoms with Gasteiger partial charge in [-0.3, -0.25) is 4.79 Å². The Labute approximate surface area is 197 Å². The average molecular weight is 449 g/mol. The molecule has 0 heterocycles. The van der Waals surface area contributed by atoms with E-state index in [9.17, 15) is 4.79 Å². The molecule has 0 saturated heterocycles. The van der Waals surface area contributed by atoms with E-state index in [0.717, 1.165) is 11.3 Å². The van der Waals surface area contributed by atoms with Crippen molar-refractivity contribution in [1.82, 2.24) is 0 Å². The van der Waals surface area contributed by atoms with Crippen molar-refractivity contribution in [2.75, 3.05) is 5.75 Å². The molecule has 1 unspecified atom stereocenters. The molecule has 178 valence electrons. The van der Waals surface area contributed by atoms with Crippen molar-refractivity contribution in [1.29, 1.82) is 0 Å². The molecule has 1 rings (SSSR count). The molecule has 0 bridgehead atoms. The summed E-state index contributed by atoms with van der Waals surface area (Å²) in [6.07, 6.45) is 22.3. The highest BCUT2D eigenvalue weighted by Crippen LogP contribution is 2.17. The van der Waals surface area contributed by atoms with Gasteiger partial charge in [0.2, 0.25) is 0 Å². The lowest BCUT2D eigenvalue weighted by Crippen LogP contribution is -2.17. The van der Waals surface area contributed by atoms with Gasteiger partial charge >= 0.3 is 5.97 Å². The molecule has 1 atom stereocenters. The Hall–Kier alpha value is -0.960. The molecule has 0 radical (unpaired) electrons. The first-order valence-electron chi connectivity index (χ1n) is 13.1. The molecule has 0 N–H and O–H groups in total. The summed E-state index contributed by atoms with van der Waals surface area (Å²) in [5.41, 5.74) is 1.05. The summed E-state index contributed by atoms with van der Waals surface area (Å²) < 4.78 is 5.41. The summed E-state index contributed by atoms with van der Waals surface area (Å²) in [6.45, 7) is 4.63. The van der Waals surface area contributed by atoms with Gasteiger partial charge in [0, 0.05) is 0 Å². The number of hydrogen-bond acceptors (Lipinski definition) is 3. The van der Waals surface area contributed by atoms with Crippen LogP contribution < -0.4 is 0 Å². The van der Waals surface area contributed by atoms with E-state index in [-0.39, 0.29) is 11.2 Å². The first kappa shape index (κ1) is 28.1. The van der Waals surface area contributed by atoms with E-state index in [0.29, 0.717) is 6.61 Å². The molecular weight excluding hydrogens is 400 g/mol. The van der Waals surface area contributed by atoms with E-state index in [1.54, 1.807) is 11.8 Å². The zero-order chi connectivity index (χ0) is 22.4. The predicted molar refractivity (Wildman–Crippen MR) is 138 cm³/mol. The number of benzene rings is 1. The van der Waals surface area contributed by atoms with Gasteiger partial charge in [-0.2, -0.15) is 0 Å². The maximum atomic E-state index is 12.1. The molecule has 31 heavy (non-hydrogen) atoms. The van der Waals surface area contributed by atoms with Crippen molar-refractivity contribution in [2.45, 2.75) is 128 Å². The van der Waals surface area contributed by atoms with E-state index < -0.39 is 0 Å². The van der Waals surface area contributed by atoms with Crippen LogP contribution in [0.25, 0.3) is 0 Å². The number of thioether (sulfide) groups is 1. The van der Waals surface area contributed by atoms with Crippen molar-refractivity contribution in [2.24, 2.45) is 0 Å². The highest BCUT2D eigenvalue weighted by Gasteiger charge is 2.14. The number of ether oxygens (including phenoxy) is 1. The fraction of sp³-hybridized carbons (Fsp3) is 0.750. The van der Waals surface area contributed by atoms with E-state index in [1.165, 1.54) is 103 Å². The largest absolute Gasteiger partial charge is 0.460 e. The molecule has 0 aromatic heterocycles. The molecule has 2 nitrogen and oxygen atoms in total. The van der Waals surface area contributed by atoms with Crippen LogP contribution in [0.15, 0.2) is 30.3 Å². The highest BCUT2D eigenvalue weighted by molar-refractivity contribution is 8.00. The Morgan fingerprint density at radius 2 is 1.19 bits per heavy atom. The van der Waals surface area contributed by atoms with Crippen LogP contribution in [0.1, 0.15) is 122 Å².